The SMILES string of the molecule is CC1=C2c3ccccc3C(C)(C3CCCCC3)N2C(C(C)(C)C)N1c1ccccc1C. The summed E-state index contributed by atoms with van der Waals surface area (Å²) in [6.45, 7) is 14.4. The number of nitrogens with zero attached hydrogens (tertiary/aromatic N) is 2. The molecule has 0 radical (unpaired) electrons. The molecule has 2 aromatic carbocycles. The third-order valence-corrected chi connectivity index (χ3v) is 8.21. The summed E-state index contributed by atoms with van der Waals surface area (Å²) in [6, 6.07) is 18.2. The van der Waals surface area contributed by atoms with Gasteiger partial charge in [-0.2, -0.15) is 0 Å². The minimum Gasteiger partial charge on any atom is -0.339 e. The molecule has 2 unspecified atom stereocenters. The Morgan fingerprint density at radius 2 is 1.52 bits per heavy atom. The molecule has 2 heterocycles. The van der Waals surface area contributed by atoms with Crippen LogP contribution in [0.4, 0.5) is 5.69 Å². The van der Waals surface area contributed by atoms with Crippen LogP contribution in [-0.4, -0.2) is 11.1 Å². The highest BCUT2D eigenvalue weighted by Gasteiger charge is 2.58. The molecule has 0 amide bonds. The maximum atomic E-state index is 2.86. The van der Waals surface area contributed by atoms with Gasteiger partial charge in [0.05, 0.1) is 11.2 Å². The second-order valence-corrected chi connectivity index (χ2v) is 11.2. The molecular formula is C29H38N2. The maximum absolute atomic E-state index is 2.86. The first kappa shape index (κ1) is 20.7. The van der Waals surface area contributed by atoms with Gasteiger partial charge in [0.2, 0.25) is 0 Å². The highest BCUT2D eigenvalue weighted by molar-refractivity contribution is 5.83. The summed E-state index contributed by atoms with van der Waals surface area (Å²) in [6.07, 6.45) is 7.12. The number of anilines is 1. The molecule has 0 bridgehead atoms. The van der Waals surface area contributed by atoms with Crippen molar-refractivity contribution in [3.63, 3.8) is 0 Å². The van der Waals surface area contributed by atoms with Crippen LogP contribution in [0.25, 0.3) is 5.70 Å². The van der Waals surface area contributed by atoms with Crippen LogP contribution >= 0.6 is 0 Å². The zero-order valence-electron chi connectivity index (χ0n) is 20.2. The summed E-state index contributed by atoms with van der Waals surface area (Å²) in [4.78, 5) is 5.51. The number of fused-ring (bicyclic) bond motifs is 3. The van der Waals surface area contributed by atoms with E-state index in [1.54, 1.807) is 5.56 Å². The predicted octanol–water partition coefficient (Wildman–Crippen LogP) is 7.69. The number of benzene rings is 2. The zero-order chi connectivity index (χ0) is 22.0. The van der Waals surface area contributed by atoms with E-state index in [4.69, 9.17) is 0 Å². The second-order valence-electron chi connectivity index (χ2n) is 11.2. The van der Waals surface area contributed by atoms with Crippen LogP contribution in [0.3, 0.4) is 0 Å². The Morgan fingerprint density at radius 3 is 2.19 bits per heavy atom. The van der Waals surface area contributed by atoms with Crippen molar-refractivity contribution >= 4 is 11.4 Å². The molecule has 1 aliphatic carbocycles. The largest absolute Gasteiger partial charge is 0.339 e. The van der Waals surface area contributed by atoms with Crippen LogP contribution in [0.1, 0.15) is 83.4 Å². The Labute approximate surface area is 189 Å². The van der Waals surface area contributed by atoms with E-state index >= 15 is 0 Å². The third kappa shape index (κ3) is 2.90. The number of aryl methyl sites for hydroxylation is 1. The first-order chi connectivity index (χ1) is 14.8. The van der Waals surface area contributed by atoms with Gasteiger partial charge in [-0.3, -0.25) is 0 Å². The van der Waals surface area contributed by atoms with Crippen molar-refractivity contribution in [1.82, 2.24) is 4.90 Å². The monoisotopic (exact) mass is 414 g/mol. The predicted molar refractivity (Wildman–Crippen MR) is 132 cm³/mol. The van der Waals surface area contributed by atoms with Gasteiger partial charge in [0, 0.05) is 22.4 Å². The smallest absolute Gasteiger partial charge is 0.112 e. The van der Waals surface area contributed by atoms with Crippen molar-refractivity contribution in [3.05, 3.63) is 70.9 Å². The van der Waals surface area contributed by atoms with Gasteiger partial charge in [-0.1, -0.05) is 82.5 Å². The Morgan fingerprint density at radius 1 is 0.871 bits per heavy atom. The molecule has 2 heteroatoms. The number of para-hydroxylation sites is 1. The molecule has 1 saturated carbocycles. The summed E-state index contributed by atoms with van der Waals surface area (Å²) < 4.78 is 0. The molecule has 0 N–H and O–H groups in total. The molecular weight excluding hydrogens is 376 g/mol. The molecule has 1 fully saturated rings. The summed E-state index contributed by atoms with van der Waals surface area (Å²) in [5.74, 6) is 0.703. The van der Waals surface area contributed by atoms with Gasteiger partial charge in [0.15, 0.2) is 0 Å². The molecule has 2 aromatic rings. The van der Waals surface area contributed by atoms with Gasteiger partial charge in [-0.05, 0) is 56.7 Å². The van der Waals surface area contributed by atoms with Crippen LogP contribution in [0.15, 0.2) is 54.2 Å². The van der Waals surface area contributed by atoms with Crippen LogP contribution in [-0.2, 0) is 5.54 Å². The average Bonchev–Trinajstić information content (AvgIpc) is 3.21. The van der Waals surface area contributed by atoms with Gasteiger partial charge in [0.25, 0.3) is 0 Å². The molecule has 5 rings (SSSR count). The summed E-state index contributed by atoms with van der Waals surface area (Å²) >= 11 is 0. The first-order valence-corrected chi connectivity index (χ1v) is 12.2. The highest BCUT2D eigenvalue weighted by atomic mass is 15.5. The van der Waals surface area contributed by atoms with E-state index in [0.717, 1.165) is 0 Å². The van der Waals surface area contributed by atoms with Gasteiger partial charge in [-0.25, -0.2) is 0 Å². The Hall–Kier alpha value is -2.22. The second kappa shape index (κ2) is 7.15. The lowest BCUT2D eigenvalue weighted by Crippen LogP contribution is -2.57. The lowest BCUT2D eigenvalue weighted by atomic mass is 9.71. The van der Waals surface area contributed by atoms with E-state index < -0.39 is 0 Å². The fourth-order valence-corrected chi connectivity index (χ4v) is 6.78. The van der Waals surface area contributed by atoms with Gasteiger partial charge in [0.1, 0.15) is 6.17 Å². The van der Waals surface area contributed by atoms with Gasteiger partial charge < -0.3 is 9.80 Å². The zero-order valence-corrected chi connectivity index (χ0v) is 20.2. The quantitative estimate of drug-likeness (QED) is 0.497. The number of rotatable bonds is 2. The standard InChI is InChI=1S/C29H38N2/c1-20-14-10-13-19-25(20)30-21(2)26-23-17-11-12-18-24(23)29(6,22-15-8-7-9-16-22)31(26)27(30)28(3,4)5/h10-14,17-19,22,27H,7-9,15-16H2,1-6H3. The van der Waals surface area contributed by atoms with Crippen molar-refractivity contribution in [2.75, 3.05) is 4.90 Å². The molecule has 3 aliphatic rings. The van der Waals surface area contributed by atoms with E-state index in [1.807, 2.05) is 0 Å². The highest BCUT2D eigenvalue weighted by Crippen LogP contribution is 2.60. The third-order valence-electron chi connectivity index (χ3n) is 8.21. The van der Waals surface area contributed by atoms with Crippen LogP contribution < -0.4 is 4.90 Å². The lowest BCUT2D eigenvalue weighted by molar-refractivity contribution is 0.0229. The van der Waals surface area contributed by atoms with E-state index in [0.29, 0.717) is 12.1 Å². The van der Waals surface area contributed by atoms with Crippen LogP contribution in [0.5, 0.6) is 0 Å². The van der Waals surface area contributed by atoms with Crippen molar-refractivity contribution in [2.24, 2.45) is 11.3 Å². The minimum absolute atomic E-state index is 0.0446. The molecule has 0 saturated heterocycles. The molecule has 2 atom stereocenters. The van der Waals surface area contributed by atoms with Crippen molar-refractivity contribution in [3.8, 4) is 0 Å². The van der Waals surface area contributed by atoms with Crippen LogP contribution in [0, 0.1) is 18.3 Å². The molecule has 2 nitrogen and oxygen atoms in total. The summed E-state index contributed by atoms with van der Waals surface area (Å²) in [7, 11) is 0. The van der Waals surface area contributed by atoms with Crippen molar-refractivity contribution in [2.45, 2.75) is 85.4 Å². The lowest BCUT2D eigenvalue weighted by Gasteiger charge is -2.52. The van der Waals surface area contributed by atoms with Crippen molar-refractivity contribution < 1.29 is 0 Å². The van der Waals surface area contributed by atoms with Gasteiger partial charge >= 0.3 is 0 Å². The fourth-order valence-electron chi connectivity index (χ4n) is 6.78. The fraction of sp³-hybridized carbons (Fsp3) is 0.517. The number of hydrogen-bond acceptors (Lipinski definition) is 2. The summed E-state index contributed by atoms with van der Waals surface area (Å²) in [5, 5.41) is 0. The number of allylic oxidation sites excluding steroid dienone is 1. The van der Waals surface area contributed by atoms with E-state index in [9.17, 15) is 0 Å². The topological polar surface area (TPSA) is 6.48 Å². The summed E-state index contributed by atoms with van der Waals surface area (Å²) in [5.41, 5.74) is 8.73. The Bertz CT molecular complexity index is 1020. The van der Waals surface area contributed by atoms with E-state index in [1.165, 1.54) is 60.3 Å². The molecule has 31 heavy (non-hydrogen) atoms. The van der Waals surface area contributed by atoms with E-state index in [-0.39, 0.29) is 11.0 Å². The average molecular weight is 415 g/mol. The van der Waals surface area contributed by atoms with Gasteiger partial charge in [-0.15, -0.1) is 0 Å². The van der Waals surface area contributed by atoms with E-state index in [2.05, 4.69) is 99.9 Å². The minimum atomic E-state index is 0.0446. The maximum Gasteiger partial charge on any atom is 0.112 e. The van der Waals surface area contributed by atoms with Crippen LogP contribution in [0.2, 0.25) is 0 Å². The Balaban J connectivity index is 1.77. The first-order valence-electron chi connectivity index (χ1n) is 12.2. The molecule has 0 spiro atoms. The molecule has 164 valence electrons. The van der Waals surface area contributed by atoms with Crippen molar-refractivity contribution in [1.29, 1.82) is 0 Å². The Kier molecular flexibility index (Phi) is 4.77. The number of hydrogen-bond donors (Lipinski definition) is 0. The molecule has 2 aliphatic heterocycles. The normalized spacial score (nSPS) is 26.5. The molecule has 0 aromatic heterocycles.